The smallest absolute Gasteiger partial charge is 0.387 e. The molecule has 0 heterocycles. The molecule has 0 saturated carbocycles. The number of amides is 1. The van der Waals surface area contributed by atoms with Crippen molar-refractivity contribution in [2.75, 3.05) is 40.9 Å². The minimum absolute atomic E-state index is 0.0544. The topological polar surface area (TPSA) is 105 Å². The molecule has 3 atom stereocenters. The van der Waals surface area contributed by atoms with E-state index in [-0.39, 0.29) is 19.1 Å². The van der Waals surface area contributed by atoms with E-state index in [1.54, 1.807) is 6.08 Å². The third-order valence-electron chi connectivity index (χ3n) is 10.3. The van der Waals surface area contributed by atoms with Gasteiger partial charge in [0.2, 0.25) is 5.91 Å². The highest BCUT2D eigenvalue weighted by molar-refractivity contribution is 7.47. The average molecular weight is 812 g/mol. The first-order valence-electron chi connectivity index (χ1n) is 23.4. The van der Waals surface area contributed by atoms with Crippen molar-refractivity contribution in [2.45, 2.75) is 219 Å². The van der Waals surface area contributed by atoms with Gasteiger partial charge in [0.1, 0.15) is 13.2 Å². The fourth-order valence-corrected chi connectivity index (χ4v) is 7.32. The van der Waals surface area contributed by atoms with Crippen LogP contribution in [0.4, 0.5) is 0 Å². The average Bonchev–Trinajstić information content (AvgIpc) is 3.15. The summed E-state index contributed by atoms with van der Waals surface area (Å²) in [6, 6.07) is -0.865. The van der Waals surface area contributed by atoms with Crippen molar-refractivity contribution in [3.63, 3.8) is 0 Å². The second kappa shape index (κ2) is 39.2. The van der Waals surface area contributed by atoms with Crippen LogP contribution in [0.3, 0.4) is 0 Å². The first kappa shape index (κ1) is 54.7. The summed E-state index contributed by atoms with van der Waals surface area (Å²) in [4.78, 5) is 23.0. The molecule has 0 saturated heterocycles. The number of hydrogen-bond donors (Lipinski definition) is 3. The SMILES string of the molecule is CCC/C=C\CCCCCCCC(=O)NC(COP(=O)(O)OCC[N+](C)(C)C)C(O)/C=C/CC/C=C/CCCCCCCCCCCCCCCCCCCC. The van der Waals surface area contributed by atoms with E-state index < -0.39 is 20.0 Å². The van der Waals surface area contributed by atoms with Gasteiger partial charge in [0.05, 0.1) is 39.9 Å². The summed E-state index contributed by atoms with van der Waals surface area (Å²) in [5.74, 6) is -0.199. The maximum atomic E-state index is 12.8. The predicted molar refractivity (Wildman–Crippen MR) is 240 cm³/mol. The number of aliphatic hydroxyl groups is 1. The van der Waals surface area contributed by atoms with Crippen LogP contribution in [-0.2, 0) is 18.4 Å². The molecular weight excluding hydrogens is 719 g/mol. The van der Waals surface area contributed by atoms with Crippen molar-refractivity contribution in [1.82, 2.24) is 5.32 Å². The molecule has 0 aliphatic heterocycles. The highest BCUT2D eigenvalue weighted by Crippen LogP contribution is 2.43. The van der Waals surface area contributed by atoms with Gasteiger partial charge in [-0.25, -0.2) is 4.57 Å². The lowest BCUT2D eigenvalue weighted by molar-refractivity contribution is -0.870. The lowest BCUT2D eigenvalue weighted by atomic mass is 10.0. The Morgan fingerprint density at radius 1 is 0.589 bits per heavy atom. The van der Waals surface area contributed by atoms with Gasteiger partial charge in [0.15, 0.2) is 0 Å². The van der Waals surface area contributed by atoms with Crippen LogP contribution in [0, 0.1) is 0 Å². The van der Waals surface area contributed by atoms with E-state index >= 15 is 0 Å². The van der Waals surface area contributed by atoms with Gasteiger partial charge in [-0.3, -0.25) is 13.8 Å². The number of quaternary nitrogens is 1. The summed E-state index contributed by atoms with van der Waals surface area (Å²) >= 11 is 0. The number of hydrogen-bond acceptors (Lipinski definition) is 5. The molecule has 0 rings (SSSR count). The molecule has 0 aliphatic carbocycles. The summed E-state index contributed by atoms with van der Waals surface area (Å²) in [6.45, 7) is 4.72. The standard InChI is InChI=1S/C47H91N2O6P/c1-6-8-10-12-14-16-18-19-20-21-22-23-24-25-26-27-28-29-30-31-32-34-36-38-40-46(50)45(44-55-56(52,53)54-43-42-49(3,4)5)48-47(51)41-39-37-35-33-17-15-13-11-9-7-2/h11,13,31-32,38,40,45-46,50H,6-10,12,14-30,33-37,39,41-44H2,1-5H3,(H-,48,51,52,53)/p+1/b13-11-,32-31+,40-38+. The Balaban J connectivity index is 4.30. The third-order valence-corrected chi connectivity index (χ3v) is 11.3. The van der Waals surface area contributed by atoms with E-state index in [1.165, 1.54) is 122 Å². The van der Waals surface area contributed by atoms with E-state index in [2.05, 4.69) is 43.5 Å². The van der Waals surface area contributed by atoms with E-state index in [0.717, 1.165) is 64.2 Å². The lowest BCUT2D eigenvalue weighted by Gasteiger charge is -2.25. The Labute approximate surface area is 347 Å². The molecule has 0 aromatic rings. The second-order valence-corrected chi connectivity index (χ2v) is 18.6. The zero-order valence-electron chi connectivity index (χ0n) is 37.4. The van der Waals surface area contributed by atoms with Crippen LogP contribution in [0.2, 0.25) is 0 Å². The molecule has 8 nitrogen and oxygen atoms in total. The summed E-state index contributed by atoms with van der Waals surface area (Å²) < 4.78 is 23.5. The Bertz CT molecular complexity index is 1010. The first-order valence-corrected chi connectivity index (χ1v) is 24.9. The third kappa shape index (κ3) is 40.9. The first-order chi connectivity index (χ1) is 27.0. The Morgan fingerprint density at radius 2 is 1.02 bits per heavy atom. The monoisotopic (exact) mass is 812 g/mol. The summed E-state index contributed by atoms with van der Waals surface area (Å²) in [6.07, 6.45) is 48.1. The highest BCUT2D eigenvalue weighted by atomic mass is 31.2. The zero-order chi connectivity index (χ0) is 41.4. The number of phosphoric ester groups is 1. The molecule has 1 amide bonds. The number of carbonyl (C=O) groups is 1. The summed E-state index contributed by atoms with van der Waals surface area (Å²) in [7, 11) is 1.55. The van der Waals surface area contributed by atoms with E-state index in [4.69, 9.17) is 9.05 Å². The van der Waals surface area contributed by atoms with Crippen molar-refractivity contribution < 1.29 is 32.9 Å². The molecule has 0 bridgehead atoms. The van der Waals surface area contributed by atoms with Gasteiger partial charge in [0.25, 0.3) is 0 Å². The predicted octanol–water partition coefficient (Wildman–Crippen LogP) is 13.1. The lowest BCUT2D eigenvalue weighted by Crippen LogP contribution is -2.45. The summed E-state index contributed by atoms with van der Waals surface area (Å²) in [5, 5.41) is 13.8. The van der Waals surface area contributed by atoms with Gasteiger partial charge in [-0.15, -0.1) is 0 Å². The zero-order valence-corrected chi connectivity index (χ0v) is 38.3. The minimum atomic E-state index is -4.34. The Kier molecular flexibility index (Phi) is 38.3. The number of phosphoric acid groups is 1. The molecule has 0 spiro atoms. The van der Waals surface area contributed by atoms with Crippen LogP contribution in [0.25, 0.3) is 0 Å². The van der Waals surface area contributed by atoms with Crippen molar-refractivity contribution in [1.29, 1.82) is 0 Å². The van der Waals surface area contributed by atoms with Gasteiger partial charge < -0.3 is 19.8 Å². The van der Waals surface area contributed by atoms with Crippen LogP contribution in [0.15, 0.2) is 36.5 Å². The van der Waals surface area contributed by atoms with Crippen LogP contribution < -0.4 is 5.32 Å². The number of nitrogens with zero attached hydrogens (tertiary/aromatic N) is 1. The minimum Gasteiger partial charge on any atom is -0.387 e. The molecule has 0 fully saturated rings. The van der Waals surface area contributed by atoms with Crippen LogP contribution in [-0.4, -0.2) is 73.4 Å². The molecule has 9 heteroatoms. The van der Waals surface area contributed by atoms with Crippen molar-refractivity contribution in [2.24, 2.45) is 0 Å². The molecule has 0 radical (unpaired) electrons. The van der Waals surface area contributed by atoms with Gasteiger partial charge in [-0.2, -0.15) is 0 Å². The quantitative estimate of drug-likeness (QED) is 0.0245. The molecule has 330 valence electrons. The maximum absolute atomic E-state index is 12.8. The van der Waals surface area contributed by atoms with Crippen LogP contribution in [0.5, 0.6) is 0 Å². The maximum Gasteiger partial charge on any atom is 0.472 e. The Hall–Kier alpha value is -1.28. The number of likely N-dealkylation sites (N-methyl/N-ethyl adjacent to an activating group) is 1. The highest BCUT2D eigenvalue weighted by Gasteiger charge is 2.27. The molecule has 0 aromatic heterocycles. The van der Waals surface area contributed by atoms with Gasteiger partial charge >= 0.3 is 7.82 Å². The number of rotatable bonds is 42. The van der Waals surface area contributed by atoms with E-state index in [9.17, 15) is 19.4 Å². The number of carbonyl (C=O) groups excluding carboxylic acids is 1. The molecule has 3 unspecified atom stereocenters. The van der Waals surface area contributed by atoms with Crippen LogP contribution >= 0.6 is 7.82 Å². The number of unbranched alkanes of at least 4 members (excludes halogenated alkanes) is 25. The van der Waals surface area contributed by atoms with E-state index in [0.29, 0.717) is 17.4 Å². The Morgan fingerprint density at radius 3 is 1.50 bits per heavy atom. The van der Waals surface area contributed by atoms with Crippen molar-refractivity contribution in [3.05, 3.63) is 36.5 Å². The van der Waals surface area contributed by atoms with Gasteiger partial charge in [-0.1, -0.05) is 185 Å². The van der Waals surface area contributed by atoms with Crippen molar-refractivity contribution >= 4 is 13.7 Å². The normalized spacial score (nSPS) is 14.6. The summed E-state index contributed by atoms with van der Waals surface area (Å²) in [5.41, 5.74) is 0. The molecule has 0 aliphatic rings. The fraction of sp³-hybridized carbons (Fsp3) is 0.851. The van der Waals surface area contributed by atoms with Crippen LogP contribution in [0.1, 0.15) is 206 Å². The van der Waals surface area contributed by atoms with Gasteiger partial charge in [0, 0.05) is 6.42 Å². The number of aliphatic hydroxyl groups excluding tert-OH is 1. The molecule has 0 aromatic carbocycles. The van der Waals surface area contributed by atoms with Gasteiger partial charge in [-0.05, 0) is 51.4 Å². The molecule has 3 N–H and O–H groups in total. The molecular formula is C47H92N2O6P+. The second-order valence-electron chi connectivity index (χ2n) is 17.1. The number of nitrogens with one attached hydrogen (secondary N) is 1. The van der Waals surface area contributed by atoms with Crippen molar-refractivity contribution in [3.8, 4) is 0 Å². The largest absolute Gasteiger partial charge is 0.472 e. The number of allylic oxidation sites excluding steroid dienone is 5. The van der Waals surface area contributed by atoms with E-state index in [1.807, 2.05) is 27.2 Å². The molecule has 56 heavy (non-hydrogen) atoms. The fourth-order valence-electron chi connectivity index (χ4n) is 6.59.